The lowest BCUT2D eigenvalue weighted by atomic mass is 10.1. The lowest BCUT2D eigenvalue weighted by Crippen LogP contribution is -2.26. The first-order chi connectivity index (χ1) is 9.88. The number of nitrogens with one attached hydrogen (secondary N) is 2. The van der Waals surface area contributed by atoms with E-state index < -0.39 is 10.0 Å². The quantitative estimate of drug-likeness (QED) is 0.675. The van der Waals surface area contributed by atoms with Crippen molar-refractivity contribution >= 4 is 10.0 Å². The largest absolute Gasteiger partial charge is 0.316 e. The Kier molecular flexibility index (Phi) is 7.31. The number of hydrogen-bond donors (Lipinski definition) is 2. The molecule has 0 bridgehead atoms. The van der Waals surface area contributed by atoms with Gasteiger partial charge in [-0.25, -0.2) is 13.1 Å². The molecular weight excluding hydrogens is 286 g/mol. The number of hydrogen-bond acceptors (Lipinski definition) is 4. The van der Waals surface area contributed by atoms with Crippen molar-refractivity contribution in [3.05, 3.63) is 29.3 Å². The molecule has 0 radical (unpaired) electrons. The van der Waals surface area contributed by atoms with Crippen molar-refractivity contribution in [2.24, 2.45) is 0 Å². The van der Waals surface area contributed by atoms with Crippen molar-refractivity contribution in [2.45, 2.75) is 31.2 Å². The molecule has 0 aliphatic carbocycles. The second kappa shape index (κ2) is 8.48. The maximum atomic E-state index is 12.4. The molecule has 0 saturated heterocycles. The predicted molar refractivity (Wildman–Crippen MR) is 86.9 cm³/mol. The summed E-state index contributed by atoms with van der Waals surface area (Å²) in [5.74, 6) is 0. The molecule has 2 N–H and O–H groups in total. The van der Waals surface area contributed by atoms with Gasteiger partial charge in [0.1, 0.15) is 0 Å². The summed E-state index contributed by atoms with van der Waals surface area (Å²) < 4.78 is 27.4. The predicted octanol–water partition coefficient (Wildman–Crippen LogP) is 1.33. The van der Waals surface area contributed by atoms with Crippen LogP contribution in [0.25, 0.3) is 0 Å². The molecule has 21 heavy (non-hydrogen) atoms. The molecule has 0 aromatic heterocycles. The second-order valence-corrected chi connectivity index (χ2v) is 7.21. The summed E-state index contributed by atoms with van der Waals surface area (Å²) in [6, 6.07) is 5.40. The van der Waals surface area contributed by atoms with E-state index in [2.05, 4.69) is 14.9 Å². The van der Waals surface area contributed by atoms with Crippen LogP contribution in [0.5, 0.6) is 0 Å². The van der Waals surface area contributed by atoms with E-state index in [1.54, 1.807) is 12.1 Å². The van der Waals surface area contributed by atoms with Gasteiger partial charge in [-0.1, -0.05) is 12.1 Å². The molecule has 1 rings (SSSR count). The zero-order valence-corrected chi connectivity index (χ0v) is 14.3. The van der Waals surface area contributed by atoms with Crippen LogP contribution in [0.1, 0.15) is 24.0 Å². The van der Waals surface area contributed by atoms with Crippen molar-refractivity contribution in [1.82, 2.24) is 14.9 Å². The molecule has 0 atom stereocenters. The Bertz CT molecular complexity index is 542. The summed E-state index contributed by atoms with van der Waals surface area (Å²) in [6.07, 6.45) is 1.82. The van der Waals surface area contributed by atoms with Gasteiger partial charge in [0.2, 0.25) is 10.0 Å². The monoisotopic (exact) mass is 313 g/mol. The SMILES string of the molecule is CNCc1cccc(S(=O)(=O)NCCCCN(C)C)c1C. The molecular formula is C15H27N3O2S. The van der Waals surface area contributed by atoms with Gasteiger partial charge in [0.05, 0.1) is 4.90 Å². The highest BCUT2D eigenvalue weighted by Crippen LogP contribution is 2.18. The number of sulfonamides is 1. The van der Waals surface area contributed by atoms with Crippen molar-refractivity contribution in [3.8, 4) is 0 Å². The Morgan fingerprint density at radius 3 is 2.52 bits per heavy atom. The second-order valence-electron chi connectivity index (χ2n) is 5.48. The highest BCUT2D eigenvalue weighted by molar-refractivity contribution is 7.89. The van der Waals surface area contributed by atoms with Crippen LogP contribution in [0, 0.1) is 6.92 Å². The van der Waals surface area contributed by atoms with E-state index >= 15 is 0 Å². The minimum Gasteiger partial charge on any atom is -0.316 e. The fourth-order valence-electron chi connectivity index (χ4n) is 2.17. The van der Waals surface area contributed by atoms with Crippen molar-refractivity contribution in [3.63, 3.8) is 0 Å². The van der Waals surface area contributed by atoms with Gasteiger partial charge in [0.15, 0.2) is 0 Å². The fraction of sp³-hybridized carbons (Fsp3) is 0.600. The Balaban J connectivity index is 2.68. The zero-order valence-electron chi connectivity index (χ0n) is 13.4. The third-order valence-electron chi connectivity index (χ3n) is 3.38. The molecule has 0 aliphatic rings. The molecule has 120 valence electrons. The van der Waals surface area contributed by atoms with Crippen LogP contribution in [-0.4, -0.2) is 47.6 Å². The maximum Gasteiger partial charge on any atom is 0.240 e. The summed E-state index contributed by atoms with van der Waals surface area (Å²) in [5, 5.41) is 3.05. The fourth-order valence-corrected chi connectivity index (χ4v) is 3.53. The molecule has 0 saturated carbocycles. The lowest BCUT2D eigenvalue weighted by Gasteiger charge is -2.13. The van der Waals surface area contributed by atoms with Gasteiger partial charge in [0, 0.05) is 13.1 Å². The van der Waals surface area contributed by atoms with E-state index in [1.807, 2.05) is 34.1 Å². The molecule has 0 aliphatic heterocycles. The zero-order chi connectivity index (χ0) is 15.9. The first kappa shape index (κ1) is 18.1. The smallest absolute Gasteiger partial charge is 0.240 e. The van der Waals surface area contributed by atoms with Crippen LogP contribution in [0.3, 0.4) is 0 Å². The molecule has 0 fully saturated rings. The van der Waals surface area contributed by atoms with Crippen LogP contribution < -0.4 is 10.0 Å². The highest BCUT2D eigenvalue weighted by atomic mass is 32.2. The first-order valence-electron chi connectivity index (χ1n) is 7.26. The minimum atomic E-state index is -3.42. The van der Waals surface area contributed by atoms with Gasteiger partial charge >= 0.3 is 0 Å². The van der Waals surface area contributed by atoms with Crippen LogP contribution in [0.15, 0.2) is 23.1 Å². The summed E-state index contributed by atoms with van der Waals surface area (Å²) in [4.78, 5) is 2.47. The standard InChI is InChI=1S/C15H27N3O2S/c1-13-14(12-16-2)8-7-9-15(13)21(19,20)17-10-5-6-11-18(3)4/h7-9,16-17H,5-6,10-12H2,1-4H3. The van der Waals surface area contributed by atoms with Crippen molar-refractivity contribution < 1.29 is 8.42 Å². The maximum absolute atomic E-state index is 12.4. The van der Waals surface area contributed by atoms with Crippen molar-refractivity contribution in [2.75, 3.05) is 34.2 Å². The lowest BCUT2D eigenvalue weighted by molar-refractivity contribution is 0.394. The van der Waals surface area contributed by atoms with Gasteiger partial charge in [-0.3, -0.25) is 0 Å². The van der Waals surface area contributed by atoms with Crippen LogP contribution in [-0.2, 0) is 16.6 Å². The first-order valence-corrected chi connectivity index (χ1v) is 8.74. The molecule has 0 spiro atoms. The Morgan fingerprint density at radius 1 is 1.19 bits per heavy atom. The van der Waals surface area contributed by atoms with Gasteiger partial charge in [-0.2, -0.15) is 0 Å². The molecule has 1 aromatic rings. The van der Waals surface area contributed by atoms with E-state index in [-0.39, 0.29) is 0 Å². The molecule has 0 amide bonds. The topological polar surface area (TPSA) is 61.4 Å². The van der Waals surface area contributed by atoms with Gasteiger partial charge in [0.25, 0.3) is 0 Å². The third kappa shape index (κ3) is 5.74. The number of rotatable bonds is 9. The Morgan fingerprint density at radius 2 is 1.90 bits per heavy atom. The minimum absolute atomic E-state index is 0.378. The number of unbranched alkanes of at least 4 members (excludes halogenated alkanes) is 1. The van der Waals surface area contributed by atoms with E-state index in [0.29, 0.717) is 18.0 Å². The van der Waals surface area contributed by atoms with Crippen LogP contribution >= 0.6 is 0 Å². The normalized spacial score (nSPS) is 12.0. The Labute approximate surface area is 128 Å². The van der Waals surface area contributed by atoms with E-state index in [0.717, 1.165) is 30.5 Å². The molecule has 0 unspecified atom stereocenters. The molecule has 1 aromatic carbocycles. The van der Waals surface area contributed by atoms with Gasteiger partial charge in [-0.15, -0.1) is 0 Å². The summed E-state index contributed by atoms with van der Waals surface area (Å²) in [5.41, 5.74) is 1.82. The average molecular weight is 313 g/mol. The van der Waals surface area contributed by atoms with Crippen molar-refractivity contribution in [1.29, 1.82) is 0 Å². The van der Waals surface area contributed by atoms with Crippen LogP contribution in [0.2, 0.25) is 0 Å². The Hall–Kier alpha value is -0.950. The van der Waals surface area contributed by atoms with Gasteiger partial charge < -0.3 is 10.2 Å². The van der Waals surface area contributed by atoms with E-state index in [1.165, 1.54) is 0 Å². The molecule has 0 heterocycles. The molecule has 6 heteroatoms. The van der Waals surface area contributed by atoms with Gasteiger partial charge in [-0.05, 0) is 64.6 Å². The average Bonchev–Trinajstić information content (AvgIpc) is 2.40. The van der Waals surface area contributed by atoms with E-state index in [4.69, 9.17) is 0 Å². The highest BCUT2D eigenvalue weighted by Gasteiger charge is 2.17. The number of benzene rings is 1. The summed E-state index contributed by atoms with van der Waals surface area (Å²) >= 11 is 0. The van der Waals surface area contributed by atoms with Crippen LogP contribution in [0.4, 0.5) is 0 Å². The summed E-state index contributed by atoms with van der Waals surface area (Å²) in [6.45, 7) is 3.97. The third-order valence-corrected chi connectivity index (χ3v) is 4.98. The molecule has 5 nitrogen and oxygen atoms in total. The summed E-state index contributed by atoms with van der Waals surface area (Å²) in [7, 11) is 2.46. The number of nitrogens with zero attached hydrogens (tertiary/aromatic N) is 1. The van der Waals surface area contributed by atoms with E-state index in [9.17, 15) is 8.42 Å².